The van der Waals surface area contributed by atoms with Gasteiger partial charge in [-0.3, -0.25) is 0 Å². The van der Waals surface area contributed by atoms with E-state index in [2.05, 4.69) is 81.2 Å². The minimum Gasteiger partial charge on any atom is -0.100 e. The van der Waals surface area contributed by atoms with E-state index in [0.717, 1.165) is 38.5 Å². The molecule has 0 aromatic carbocycles. The lowest BCUT2D eigenvalue weighted by molar-refractivity contribution is 0.504. The Labute approximate surface area is 190 Å². The molecular formula is C30H52. The highest BCUT2D eigenvalue weighted by molar-refractivity contribution is 5.01. The Morgan fingerprint density at radius 3 is 1.30 bits per heavy atom. The van der Waals surface area contributed by atoms with Gasteiger partial charge in [0.15, 0.2) is 0 Å². The molecule has 0 aliphatic heterocycles. The molecule has 30 heavy (non-hydrogen) atoms. The second-order valence-electron chi connectivity index (χ2n) is 7.71. The summed E-state index contributed by atoms with van der Waals surface area (Å²) in [6, 6.07) is 0. The quantitative estimate of drug-likeness (QED) is 0.185. The van der Waals surface area contributed by atoms with Crippen LogP contribution in [0.4, 0.5) is 0 Å². The predicted molar refractivity (Wildman–Crippen MR) is 142 cm³/mol. The van der Waals surface area contributed by atoms with Crippen LogP contribution in [0.3, 0.4) is 0 Å². The van der Waals surface area contributed by atoms with E-state index in [0.29, 0.717) is 0 Å². The lowest BCUT2D eigenvalue weighted by Crippen LogP contribution is -1.85. The lowest BCUT2D eigenvalue weighted by atomic mass is 10.0. The molecule has 172 valence electrons. The predicted octanol–water partition coefficient (Wildman–Crippen LogP) is 10.9. The molecule has 0 atom stereocenters. The molecule has 0 saturated heterocycles. The maximum Gasteiger partial charge on any atom is -0.0169 e. The Morgan fingerprint density at radius 2 is 0.967 bits per heavy atom. The van der Waals surface area contributed by atoms with Crippen molar-refractivity contribution in [3.8, 4) is 0 Å². The molecule has 0 nitrogen and oxygen atoms in total. The summed E-state index contributed by atoms with van der Waals surface area (Å²) >= 11 is 0. The van der Waals surface area contributed by atoms with Crippen molar-refractivity contribution in [3.63, 3.8) is 0 Å². The van der Waals surface area contributed by atoms with Crippen LogP contribution in [0, 0.1) is 0 Å². The van der Waals surface area contributed by atoms with Crippen LogP contribution in [-0.2, 0) is 0 Å². The summed E-state index contributed by atoms with van der Waals surface area (Å²) in [5.41, 5.74) is 1.26. The van der Waals surface area contributed by atoms with Crippen molar-refractivity contribution in [2.45, 2.75) is 118 Å². The van der Waals surface area contributed by atoms with Crippen LogP contribution >= 0.6 is 0 Å². The molecular weight excluding hydrogens is 360 g/mol. The van der Waals surface area contributed by atoms with Crippen molar-refractivity contribution in [2.75, 3.05) is 0 Å². The average Bonchev–Trinajstić information content (AvgIpc) is 2.70. The molecule has 0 aromatic rings. The number of hydrogen-bond acceptors (Lipinski definition) is 0. The van der Waals surface area contributed by atoms with Crippen LogP contribution in [0.15, 0.2) is 72.9 Å². The van der Waals surface area contributed by atoms with E-state index in [1.54, 1.807) is 0 Å². The first-order chi connectivity index (χ1) is 14.8. The third-order valence-electron chi connectivity index (χ3n) is 4.63. The van der Waals surface area contributed by atoms with E-state index in [-0.39, 0.29) is 0 Å². The number of hydrogen-bond donors (Lipinski definition) is 0. The number of rotatable bonds is 15. The van der Waals surface area contributed by atoms with Gasteiger partial charge in [-0.25, -0.2) is 0 Å². The molecule has 1 saturated carbocycles. The van der Waals surface area contributed by atoms with Gasteiger partial charge in [-0.2, -0.15) is 0 Å². The van der Waals surface area contributed by atoms with Crippen molar-refractivity contribution >= 4 is 0 Å². The van der Waals surface area contributed by atoms with Gasteiger partial charge >= 0.3 is 0 Å². The Hall–Kier alpha value is -1.56. The maximum atomic E-state index is 3.91. The zero-order valence-electron chi connectivity index (χ0n) is 20.9. The Kier molecular flexibility index (Phi) is 30.3. The molecule has 1 fully saturated rings. The molecule has 0 spiro atoms. The van der Waals surface area contributed by atoms with E-state index >= 15 is 0 Å². The summed E-state index contributed by atoms with van der Waals surface area (Å²) in [6.45, 7) is 12.2. The molecule has 0 unspecified atom stereocenters. The minimum atomic E-state index is 1.03. The molecule has 1 aliphatic carbocycles. The summed E-state index contributed by atoms with van der Waals surface area (Å²) in [4.78, 5) is 0. The fourth-order valence-corrected chi connectivity index (χ4v) is 2.41. The highest BCUT2D eigenvalue weighted by atomic mass is 14.0. The van der Waals surface area contributed by atoms with E-state index < -0.39 is 0 Å². The van der Waals surface area contributed by atoms with Crippen molar-refractivity contribution in [1.82, 2.24) is 0 Å². The molecule has 0 amide bonds. The van der Waals surface area contributed by atoms with Crippen LogP contribution in [0.2, 0.25) is 0 Å². The van der Waals surface area contributed by atoms with Gasteiger partial charge < -0.3 is 0 Å². The van der Waals surface area contributed by atoms with E-state index in [1.807, 2.05) is 13.8 Å². The highest BCUT2D eigenvalue weighted by Gasteiger charge is 1.95. The van der Waals surface area contributed by atoms with Crippen LogP contribution in [-0.4, -0.2) is 0 Å². The molecule has 0 bridgehead atoms. The van der Waals surface area contributed by atoms with Crippen molar-refractivity contribution in [3.05, 3.63) is 72.9 Å². The largest absolute Gasteiger partial charge is 0.100 e. The molecule has 1 aliphatic rings. The van der Waals surface area contributed by atoms with Gasteiger partial charge in [-0.1, -0.05) is 126 Å². The van der Waals surface area contributed by atoms with Gasteiger partial charge in [0, 0.05) is 0 Å². The van der Waals surface area contributed by atoms with Crippen molar-refractivity contribution in [1.29, 1.82) is 0 Å². The molecule has 0 radical (unpaired) electrons. The average molecular weight is 413 g/mol. The van der Waals surface area contributed by atoms with Gasteiger partial charge in [0.1, 0.15) is 0 Å². The van der Waals surface area contributed by atoms with Gasteiger partial charge in [-0.15, -0.1) is 6.58 Å². The third-order valence-corrected chi connectivity index (χ3v) is 4.63. The summed E-state index contributed by atoms with van der Waals surface area (Å²) in [7, 11) is 0. The highest BCUT2D eigenvalue weighted by Crippen LogP contribution is 2.15. The number of allylic oxidation sites excluding steroid dienone is 11. The molecule has 0 N–H and O–H groups in total. The second kappa shape index (κ2) is 29.6. The second-order valence-corrected chi connectivity index (χ2v) is 7.71. The van der Waals surface area contributed by atoms with Gasteiger partial charge in [0.2, 0.25) is 0 Å². The molecule has 1 rings (SSSR count). The smallest absolute Gasteiger partial charge is 0.0169 e. The van der Waals surface area contributed by atoms with E-state index in [9.17, 15) is 0 Å². The molecule has 0 aromatic heterocycles. The fourth-order valence-electron chi connectivity index (χ4n) is 2.41. The first-order valence-electron chi connectivity index (χ1n) is 12.7. The third kappa shape index (κ3) is 31.1. The Balaban J connectivity index is 0. The van der Waals surface area contributed by atoms with Crippen molar-refractivity contribution < 1.29 is 0 Å². The van der Waals surface area contributed by atoms with Gasteiger partial charge in [-0.05, 0) is 58.3 Å². The summed E-state index contributed by atoms with van der Waals surface area (Å²) in [5, 5.41) is 0. The zero-order valence-corrected chi connectivity index (χ0v) is 20.9. The van der Waals surface area contributed by atoms with Crippen LogP contribution < -0.4 is 0 Å². The monoisotopic (exact) mass is 412 g/mol. The first kappa shape index (κ1) is 30.6. The maximum absolute atomic E-state index is 3.91. The Bertz CT molecular complexity index is 462. The van der Waals surface area contributed by atoms with Gasteiger partial charge in [0.05, 0.1) is 0 Å². The van der Waals surface area contributed by atoms with Crippen LogP contribution in [0.5, 0.6) is 0 Å². The van der Waals surface area contributed by atoms with Crippen molar-refractivity contribution in [2.24, 2.45) is 0 Å². The Morgan fingerprint density at radius 1 is 0.600 bits per heavy atom. The van der Waals surface area contributed by atoms with Gasteiger partial charge in [0.25, 0.3) is 0 Å². The number of unbranched alkanes of at least 4 members (excludes halogenated alkanes) is 3. The van der Waals surface area contributed by atoms with Crippen LogP contribution in [0.25, 0.3) is 0 Å². The van der Waals surface area contributed by atoms with Crippen LogP contribution in [0.1, 0.15) is 118 Å². The SMILES string of the molecule is C1CCC1.C=C(C)CC/C=C\C/C=C\C/C=C\C/C=C\C/C=C\CCCCC.CC. The fraction of sp³-hybridized carbons (Fsp3) is 0.600. The zero-order chi connectivity index (χ0) is 22.5. The first-order valence-corrected chi connectivity index (χ1v) is 12.7. The standard InChI is InChI=1S/C24H38.C4H8.C2H6/c1-4-5-6-7-8-9-10-11-12-13-14-15-16-17-18-19-20-21-22-23-24(2)3;1-2-4-3-1;1-2/h8-9,11-12,14-15,17-18,20-21H,2,4-7,10,13,16,19,22-23H2,1,3H3;1-4H2;1-2H3/b9-8-,12-11-,15-14-,18-17-,21-20-;;. The topological polar surface area (TPSA) is 0 Å². The lowest BCUT2D eigenvalue weighted by Gasteiger charge is -2.05. The van der Waals surface area contributed by atoms with E-state index in [1.165, 1.54) is 56.9 Å². The normalized spacial score (nSPS) is 13.6. The molecule has 0 heteroatoms. The summed E-state index contributed by atoms with van der Waals surface area (Å²) in [6.07, 6.45) is 40.2. The van der Waals surface area contributed by atoms with E-state index in [4.69, 9.17) is 0 Å². The summed E-state index contributed by atoms with van der Waals surface area (Å²) in [5.74, 6) is 0. The minimum absolute atomic E-state index is 1.03. The molecule has 0 heterocycles. The summed E-state index contributed by atoms with van der Waals surface area (Å²) < 4.78 is 0.